The first-order valence-electron chi connectivity index (χ1n) is 6.40. The first-order chi connectivity index (χ1) is 9.69. The number of fused-ring (bicyclic) bond motifs is 1. The fraction of sp³-hybridized carbons (Fsp3) is 0.188. The summed E-state index contributed by atoms with van der Waals surface area (Å²) in [5.41, 5.74) is 2.35. The van der Waals surface area contributed by atoms with Crippen LogP contribution in [-0.2, 0) is 6.42 Å². The Kier molecular flexibility index (Phi) is 3.11. The van der Waals surface area contributed by atoms with Crippen LogP contribution in [0.25, 0.3) is 0 Å². The SMILES string of the molecule is N#Cc1cc(F)c(NCC2Cc3ccccc32)c(F)c1. The number of hydrogen-bond donors (Lipinski definition) is 1. The van der Waals surface area contributed by atoms with Gasteiger partial charge in [0.25, 0.3) is 0 Å². The summed E-state index contributed by atoms with van der Waals surface area (Å²) in [6, 6.07) is 11.9. The zero-order valence-corrected chi connectivity index (χ0v) is 10.7. The van der Waals surface area contributed by atoms with Crippen LogP contribution in [0.2, 0.25) is 0 Å². The van der Waals surface area contributed by atoms with Gasteiger partial charge in [-0.1, -0.05) is 24.3 Å². The lowest BCUT2D eigenvalue weighted by atomic mass is 9.77. The highest BCUT2D eigenvalue weighted by molar-refractivity contribution is 5.51. The first kappa shape index (κ1) is 12.6. The van der Waals surface area contributed by atoms with Gasteiger partial charge in [0.05, 0.1) is 11.6 Å². The van der Waals surface area contributed by atoms with E-state index in [2.05, 4.69) is 11.4 Å². The standard InChI is InChI=1S/C16H12F2N2/c17-14-5-10(8-19)6-15(18)16(14)20-9-12-7-11-3-1-2-4-13(11)12/h1-6,12,20H,7,9H2. The third-order valence-electron chi connectivity index (χ3n) is 3.66. The van der Waals surface area contributed by atoms with E-state index in [9.17, 15) is 8.78 Å². The Bertz CT molecular complexity index is 681. The third kappa shape index (κ3) is 2.12. The van der Waals surface area contributed by atoms with Gasteiger partial charge in [-0.3, -0.25) is 0 Å². The number of anilines is 1. The molecule has 1 aliphatic carbocycles. The predicted molar refractivity (Wildman–Crippen MR) is 72.4 cm³/mol. The first-order valence-corrected chi connectivity index (χ1v) is 6.40. The lowest BCUT2D eigenvalue weighted by molar-refractivity contribution is 0.578. The minimum absolute atomic E-state index is 0.0143. The lowest BCUT2D eigenvalue weighted by Crippen LogP contribution is -2.24. The van der Waals surface area contributed by atoms with E-state index >= 15 is 0 Å². The van der Waals surface area contributed by atoms with Crippen LogP contribution < -0.4 is 5.32 Å². The molecule has 0 aromatic heterocycles. The molecule has 0 spiro atoms. The molecule has 0 amide bonds. The second-order valence-electron chi connectivity index (χ2n) is 4.91. The van der Waals surface area contributed by atoms with Gasteiger partial charge in [-0.2, -0.15) is 5.26 Å². The van der Waals surface area contributed by atoms with Crippen LogP contribution >= 0.6 is 0 Å². The molecule has 4 heteroatoms. The Morgan fingerprint density at radius 2 is 1.90 bits per heavy atom. The molecule has 2 aromatic rings. The van der Waals surface area contributed by atoms with Crippen LogP contribution in [0.5, 0.6) is 0 Å². The van der Waals surface area contributed by atoms with Crippen molar-refractivity contribution in [2.75, 3.05) is 11.9 Å². The smallest absolute Gasteiger partial charge is 0.150 e. The molecule has 0 heterocycles. The number of hydrogen-bond acceptors (Lipinski definition) is 2. The molecule has 0 fully saturated rings. The molecule has 0 aliphatic heterocycles. The summed E-state index contributed by atoms with van der Waals surface area (Å²) in [6.45, 7) is 0.483. The van der Waals surface area contributed by atoms with Crippen LogP contribution in [0.3, 0.4) is 0 Å². The molecule has 1 aliphatic rings. The molecule has 1 unspecified atom stereocenters. The van der Waals surface area contributed by atoms with Gasteiger partial charge in [0.1, 0.15) is 5.69 Å². The maximum Gasteiger partial charge on any atom is 0.150 e. The van der Waals surface area contributed by atoms with Crippen molar-refractivity contribution < 1.29 is 8.78 Å². The van der Waals surface area contributed by atoms with Gasteiger partial charge in [-0.15, -0.1) is 0 Å². The summed E-state index contributed by atoms with van der Waals surface area (Å²) in [7, 11) is 0. The third-order valence-corrected chi connectivity index (χ3v) is 3.66. The molecule has 0 saturated carbocycles. The van der Waals surface area contributed by atoms with Crippen molar-refractivity contribution in [2.45, 2.75) is 12.3 Å². The van der Waals surface area contributed by atoms with Gasteiger partial charge in [-0.25, -0.2) is 8.78 Å². The van der Waals surface area contributed by atoms with Crippen LogP contribution in [0, 0.1) is 23.0 Å². The molecule has 100 valence electrons. The van der Waals surface area contributed by atoms with Crippen molar-refractivity contribution in [2.24, 2.45) is 0 Å². The number of nitriles is 1. The van der Waals surface area contributed by atoms with E-state index in [1.54, 1.807) is 6.07 Å². The fourth-order valence-corrected chi connectivity index (χ4v) is 2.58. The Hall–Kier alpha value is -2.41. The largest absolute Gasteiger partial charge is 0.380 e. The van der Waals surface area contributed by atoms with Crippen molar-refractivity contribution in [1.82, 2.24) is 0 Å². The number of nitrogens with zero attached hydrogens (tertiary/aromatic N) is 1. The maximum absolute atomic E-state index is 13.7. The van der Waals surface area contributed by atoms with E-state index in [-0.39, 0.29) is 17.2 Å². The second-order valence-corrected chi connectivity index (χ2v) is 4.91. The Labute approximate surface area is 115 Å². The monoisotopic (exact) mass is 270 g/mol. The van der Waals surface area contributed by atoms with E-state index in [4.69, 9.17) is 5.26 Å². The summed E-state index contributed by atoms with van der Waals surface area (Å²) in [5.74, 6) is -1.18. The van der Waals surface area contributed by atoms with E-state index in [0.29, 0.717) is 6.54 Å². The van der Waals surface area contributed by atoms with Crippen LogP contribution in [-0.4, -0.2) is 6.54 Å². The highest BCUT2D eigenvalue weighted by Crippen LogP contribution is 2.35. The predicted octanol–water partition coefficient (Wildman–Crippen LogP) is 3.59. The molecule has 20 heavy (non-hydrogen) atoms. The molecule has 2 aromatic carbocycles. The van der Waals surface area contributed by atoms with E-state index in [1.807, 2.05) is 18.2 Å². The van der Waals surface area contributed by atoms with Gasteiger partial charge in [0.15, 0.2) is 11.6 Å². The second kappa shape index (κ2) is 4.93. The van der Waals surface area contributed by atoms with E-state index < -0.39 is 11.6 Å². The van der Waals surface area contributed by atoms with Gasteiger partial charge in [0.2, 0.25) is 0 Å². The summed E-state index contributed by atoms with van der Waals surface area (Å²) < 4.78 is 27.4. The molecule has 1 atom stereocenters. The number of halogens is 2. The summed E-state index contributed by atoms with van der Waals surface area (Å²) in [5, 5.41) is 11.5. The highest BCUT2D eigenvalue weighted by atomic mass is 19.1. The van der Waals surface area contributed by atoms with Gasteiger partial charge in [-0.05, 0) is 29.7 Å². The van der Waals surface area contributed by atoms with Gasteiger partial charge in [0, 0.05) is 12.5 Å². The Morgan fingerprint density at radius 1 is 1.20 bits per heavy atom. The molecule has 2 nitrogen and oxygen atoms in total. The average Bonchev–Trinajstić information content (AvgIpc) is 2.42. The van der Waals surface area contributed by atoms with E-state index in [0.717, 1.165) is 18.6 Å². The zero-order chi connectivity index (χ0) is 14.1. The number of rotatable bonds is 3. The quantitative estimate of drug-likeness (QED) is 0.925. The minimum atomic E-state index is -0.728. The minimum Gasteiger partial charge on any atom is -0.380 e. The average molecular weight is 270 g/mol. The van der Waals surface area contributed by atoms with Crippen molar-refractivity contribution in [3.05, 3.63) is 64.7 Å². The topological polar surface area (TPSA) is 35.8 Å². The van der Waals surface area contributed by atoms with Crippen LogP contribution in [0.15, 0.2) is 36.4 Å². The lowest BCUT2D eigenvalue weighted by Gasteiger charge is -2.30. The number of benzene rings is 2. The molecular formula is C16H12F2N2. The maximum atomic E-state index is 13.7. The number of nitrogens with one attached hydrogen (secondary N) is 1. The summed E-state index contributed by atoms with van der Waals surface area (Å²) in [6.07, 6.45) is 0.919. The van der Waals surface area contributed by atoms with Crippen molar-refractivity contribution in [3.8, 4) is 6.07 Å². The molecule has 0 radical (unpaired) electrons. The van der Waals surface area contributed by atoms with Crippen molar-refractivity contribution in [1.29, 1.82) is 5.26 Å². The molecule has 3 rings (SSSR count). The zero-order valence-electron chi connectivity index (χ0n) is 10.7. The fourth-order valence-electron chi connectivity index (χ4n) is 2.58. The molecular weight excluding hydrogens is 258 g/mol. The van der Waals surface area contributed by atoms with Gasteiger partial charge >= 0.3 is 0 Å². The Balaban J connectivity index is 1.73. The van der Waals surface area contributed by atoms with E-state index in [1.165, 1.54) is 11.1 Å². The van der Waals surface area contributed by atoms with Crippen LogP contribution in [0.1, 0.15) is 22.6 Å². The highest BCUT2D eigenvalue weighted by Gasteiger charge is 2.25. The van der Waals surface area contributed by atoms with Crippen molar-refractivity contribution in [3.63, 3.8) is 0 Å². The molecule has 0 bridgehead atoms. The van der Waals surface area contributed by atoms with Gasteiger partial charge < -0.3 is 5.32 Å². The summed E-state index contributed by atoms with van der Waals surface area (Å²) >= 11 is 0. The Morgan fingerprint density at radius 3 is 2.55 bits per heavy atom. The van der Waals surface area contributed by atoms with Crippen molar-refractivity contribution >= 4 is 5.69 Å². The summed E-state index contributed by atoms with van der Waals surface area (Å²) in [4.78, 5) is 0. The molecule has 1 N–H and O–H groups in total. The normalized spacial score (nSPS) is 15.9. The molecule has 0 saturated heterocycles. The van der Waals surface area contributed by atoms with Crippen LogP contribution in [0.4, 0.5) is 14.5 Å².